The Hall–Kier alpha value is -3.48. The summed E-state index contributed by atoms with van der Waals surface area (Å²) in [5, 5.41) is 0. The molecule has 7 heteroatoms. The second-order valence-corrected chi connectivity index (χ2v) is 8.23. The summed E-state index contributed by atoms with van der Waals surface area (Å²) in [5.41, 5.74) is 3.84. The van der Waals surface area contributed by atoms with Crippen LogP contribution in [0.3, 0.4) is 0 Å². The first-order chi connectivity index (χ1) is 15.1. The van der Waals surface area contributed by atoms with Crippen LogP contribution in [0.25, 0.3) is 0 Å². The van der Waals surface area contributed by atoms with Crippen LogP contribution in [0.5, 0.6) is 0 Å². The second kappa shape index (κ2) is 7.98. The van der Waals surface area contributed by atoms with Crippen molar-refractivity contribution in [1.82, 2.24) is 14.9 Å². The van der Waals surface area contributed by atoms with Crippen LogP contribution in [-0.2, 0) is 6.42 Å². The molecule has 1 aromatic carbocycles. The molecular weight excluding hydrogens is 392 g/mol. The summed E-state index contributed by atoms with van der Waals surface area (Å²) in [6.45, 7) is 4.49. The third-order valence-corrected chi connectivity index (χ3v) is 6.16. The van der Waals surface area contributed by atoms with Gasteiger partial charge < -0.3 is 14.2 Å². The number of carbonyl (C=O) groups excluding carboxylic acids is 2. The van der Waals surface area contributed by atoms with Crippen molar-refractivity contribution in [2.24, 2.45) is 0 Å². The number of anilines is 1. The number of hydrogen-bond acceptors (Lipinski definition) is 6. The number of fused-ring (bicyclic) bond motifs is 1. The van der Waals surface area contributed by atoms with E-state index in [0.717, 1.165) is 12.1 Å². The molecule has 0 saturated carbocycles. The summed E-state index contributed by atoms with van der Waals surface area (Å²) >= 11 is 0. The Morgan fingerprint density at radius 3 is 2.55 bits per heavy atom. The topological polar surface area (TPSA) is 79.5 Å². The average molecular weight is 416 g/mol. The molecule has 7 nitrogen and oxygen atoms in total. The number of rotatable bonds is 3. The van der Waals surface area contributed by atoms with E-state index < -0.39 is 0 Å². The molecule has 0 unspecified atom stereocenters. The van der Waals surface area contributed by atoms with E-state index in [1.54, 1.807) is 23.2 Å². The highest BCUT2D eigenvalue weighted by Crippen LogP contribution is 2.32. The van der Waals surface area contributed by atoms with Crippen molar-refractivity contribution >= 4 is 17.6 Å². The number of benzene rings is 1. The summed E-state index contributed by atoms with van der Waals surface area (Å²) in [5.74, 6) is 1.14. The van der Waals surface area contributed by atoms with Crippen LogP contribution in [0.1, 0.15) is 50.1 Å². The fraction of sp³-hybridized carbons (Fsp3) is 0.333. The first-order valence-corrected chi connectivity index (χ1v) is 10.6. The van der Waals surface area contributed by atoms with Gasteiger partial charge in [-0.05, 0) is 37.0 Å². The zero-order valence-corrected chi connectivity index (χ0v) is 17.5. The molecule has 1 fully saturated rings. The van der Waals surface area contributed by atoms with Gasteiger partial charge in [0.25, 0.3) is 5.91 Å². The molecule has 1 atom stereocenters. The standard InChI is InChI=1S/C24H24N4O3/c1-16-4-6-17(7-5-16)18-13-20-19(21(29)14-18)15-25-24(26-20)28-10-8-27(9-11-28)23(30)22-3-2-12-31-22/h2-7,12,15,18H,8-11,13-14H2,1H3/t18-/m1/s1. The molecule has 0 radical (unpaired) electrons. The second-order valence-electron chi connectivity index (χ2n) is 8.23. The Morgan fingerprint density at radius 2 is 1.84 bits per heavy atom. The van der Waals surface area contributed by atoms with E-state index >= 15 is 0 Å². The van der Waals surface area contributed by atoms with Gasteiger partial charge >= 0.3 is 0 Å². The van der Waals surface area contributed by atoms with Crippen LogP contribution >= 0.6 is 0 Å². The maximum absolute atomic E-state index is 12.7. The number of hydrogen-bond donors (Lipinski definition) is 0. The van der Waals surface area contributed by atoms with E-state index in [4.69, 9.17) is 9.40 Å². The van der Waals surface area contributed by atoms with Gasteiger partial charge in [0, 0.05) is 38.8 Å². The lowest BCUT2D eigenvalue weighted by atomic mass is 9.82. The third kappa shape index (κ3) is 3.83. The maximum Gasteiger partial charge on any atom is 0.289 e. The fourth-order valence-electron chi connectivity index (χ4n) is 4.33. The Labute approximate surface area is 180 Å². The molecule has 5 rings (SSSR count). The molecule has 31 heavy (non-hydrogen) atoms. The highest BCUT2D eigenvalue weighted by Gasteiger charge is 2.30. The molecule has 1 aliphatic heterocycles. The van der Waals surface area contributed by atoms with Gasteiger partial charge in [-0.2, -0.15) is 0 Å². The number of carbonyl (C=O) groups is 2. The molecule has 3 heterocycles. The fourth-order valence-corrected chi connectivity index (χ4v) is 4.33. The monoisotopic (exact) mass is 416 g/mol. The van der Waals surface area contributed by atoms with Crippen molar-refractivity contribution in [2.75, 3.05) is 31.1 Å². The number of amides is 1. The summed E-state index contributed by atoms with van der Waals surface area (Å²) in [6.07, 6.45) is 4.41. The molecule has 0 bridgehead atoms. The third-order valence-electron chi connectivity index (χ3n) is 6.16. The quantitative estimate of drug-likeness (QED) is 0.652. The minimum Gasteiger partial charge on any atom is -0.459 e. The van der Waals surface area contributed by atoms with Crippen molar-refractivity contribution in [3.8, 4) is 0 Å². The summed E-state index contributed by atoms with van der Waals surface area (Å²) in [4.78, 5) is 38.3. The van der Waals surface area contributed by atoms with Crippen LogP contribution < -0.4 is 4.90 Å². The number of aryl methyl sites for hydroxylation is 1. The molecule has 0 spiro atoms. The van der Waals surface area contributed by atoms with E-state index in [1.807, 2.05) is 0 Å². The molecule has 3 aromatic rings. The molecule has 1 amide bonds. The van der Waals surface area contributed by atoms with Gasteiger partial charge in [-0.3, -0.25) is 9.59 Å². The Bertz CT molecular complexity index is 1100. The smallest absolute Gasteiger partial charge is 0.289 e. The van der Waals surface area contributed by atoms with Gasteiger partial charge in [-0.15, -0.1) is 0 Å². The van der Waals surface area contributed by atoms with Gasteiger partial charge in [0.1, 0.15) is 0 Å². The van der Waals surface area contributed by atoms with Crippen LogP contribution in [0.4, 0.5) is 5.95 Å². The van der Waals surface area contributed by atoms with Gasteiger partial charge in [0.15, 0.2) is 11.5 Å². The number of nitrogens with zero attached hydrogens (tertiary/aromatic N) is 4. The lowest BCUT2D eigenvalue weighted by Crippen LogP contribution is -2.49. The van der Waals surface area contributed by atoms with Gasteiger partial charge in [-0.25, -0.2) is 9.97 Å². The first-order valence-electron chi connectivity index (χ1n) is 10.6. The number of aromatic nitrogens is 2. The molecule has 2 aromatic heterocycles. The van der Waals surface area contributed by atoms with E-state index in [1.165, 1.54) is 17.4 Å². The van der Waals surface area contributed by atoms with Crippen molar-refractivity contribution in [2.45, 2.75) is 25.7 Å². The molecule has 1 saturated heterocycles. The van der Waals surface area contributed by atoms with E-state index in [2.05, 4.69) is 41.1 Å². The van der Waals surface area contributed by atoms with Crippen molar-refractivity contribution in [3.05, 3.63) is 77.0 Å². The normalized spacial score (nSPS) is 18.7. The minimum atomic E-state index is -0.0949. The summed E-state index contributed by atoms with van der Waals surface area (Å²) < 4.78 is 5.22. The Morgan fingerprint density at radius 1 is 1.06 bits per heavy atom. The highest BCUT2D eigenvalue weighted by molar-refractivity contribution is 5.98. The number of Topliss-reactive ketones (excluding diaryl/α,β-unsaturated/α-hetero) is 1. The SMILES string of the molecule is Cc1ccc([C@H]2CC(=O)c3cnc(N4CCN(C(=O)c5ccco5)CC4)nc3C2)cc1. The maximum atomic E-state index is 12.7. The lowest BCUT2D eigenvalue weighted by Gasteiger charge is -2.34. The largest absolute Gasteiger partial charge is 0.459 e. The van der Waals surface area contributed by atoms with E-state index in [0.29, 0.717) is 49.9 Å². The number of piperazine rings is 1. The number of ketones is 1. The molecule has 0 N–H and O–H groups in total. The molecular formula is C24H24N4O3. The Kier molecular flexibility index (Phi) is 5.02. The molecule has 158 valence electrons. The predicted molar refractivity (Wildman–Crippen MR) is 115 cm³/mol. The zero-order chi connectivity index (χ0) is 21.4. The predicted octanol–water partition coefficient (Wildman–Crippen LogP) is 3.25. The van der Waals surface area contributed by atoms with Crippen LogP contribution in [0.2, 0.25) is 0 Å². The Balaban J connectivity index is 1.30. The summed E-state index contributed by atoms with van der Waals surface area (Å²) in [7, 11) is 0. The van der Waals surface area contributed by atoms with Crippen LogP contribution in [-0.4, -0.2) is 52.7 Å². The minimum absolute atomic E-state index is 0.0949. The van der Waals surface area contributed by atoms with Crippen LogP contribution in [0.15, 0.2) is 53.3 Å². The van der Waals surface area contributed by atoms with Crippen molar-refractivity contribution in [3.63, 3.8) is 0 Å². The molecule has 1 aliphatic carbocycles. The zero-order valence-electron chi connectivity index (χ0n) is 17.5. The average Bonchev–Trinajstić information content (AvgIpc) is 3.34. The first kappa shape index (κ1) is 19.5. The highest BCUT2D eigenvalue weighted by atomic mass is 16.3. The lowest BCUT2D eigenvalue weighted by molar-refractivity contribution is 0.0714. The van der Waals surface area contributed by atoms with Gasteiger partial charge in [-0.1, -0.05) is 29.8 Å². The number of furan rings is 1. The van der Waals surface area contributed by atoms with E-state index in [9.17, 15) is 9.59 Å². The van der Waals surface area contributed by atoms with Crippen LogP contribution in [0, 0.1) is 6.92 Å². The van der Waals surface area contributed by atoms with E-state index in [-0.39, 0.29) is 17.6 Å². The van der Waals surface area contributed by atoms with Gasteiger partial charge in [0.2, 0.25) is 5.95 Å². The van der Waals surface area contributed by atoms with Gasteiger partial charge in [0.05, 0.1) is 17.5 Å². The van der Waals surface area contributed by atoms with Crippen molar-refractivity contribution < 1.29 is 14.0 Å². The summed E-state index contributed by atoms with van der Waals surface area (Å²) in [6, 6.07) is 11.8. The molecule has 2 aliphatic rings. The van der Waals surface area contributed by atoms with Crippen molar-refractivity contribution in [1.29, 1.82) is 0 Å².